The molecule has 0 bridgehead atoms. The van der Waals surface area contributed by atoms with Crippen LogP contribution < -0.4 is 5.32 Å². The zero-order valence-electron chi connectivity index (χ0n) is 10.3. The van der Waals surface area contributed by atoms with Crippen molar-refractivity contribution in [1.29, 1.82) is 0 Å². The standard InChI is InChI=1S/C10H17F3N2O3/c1-3-4-7(8(16)17)5-14-9(18)15(2)6-10(11,12)13/h7H,3-6H2,1-2H3,(H,14,18)(H,16,17). The number of nitrogens with one attached hydrogen (secondary N) is 1. The van der Waals surface area contributed by atoms with Crippen molar-refractivity contribution >= 4 is 12.0 Å². The number of carbonyl (C=O) groups excluding carboxylic acids is 1. The molecular weight excluding hydrogens is 253 g/mol. The summed E-state index contributed by atoms with van der Waals surface area (Å²) < 4.78 is 36.0. The predicted molar refractivity (Wildman–Crippen MR) is 58.1 cm³/mol. The van der Waals surface area contributed by atoms with Gasteiger partial charge in [-0.3, -0.25) is 4.79 Å². The maximum Gasteiger partial charge on any atom is 0.406 e. The van der Waals surface area contributed by atoms with Crippen molar-refractivity contribution in [1.82, 2.24) is 10.2 Å². The van der Waals surface area contributed by atoms with E-state index >= 15 is 0 Å². The molecule has 2 N–H and O–H groups in total. The highest BCUT2D eigenvalue weighted by atomic mass is 19.4. The SMILES string of the molecule is CCCC(CNC(=O)N(C)CC(F)(F)F)C(=O)O. The van der Waals surface area contributed by atoms with Crippen molar-refractivity contribution in [3.05, 3.63) is 0 Å². The molecule has 0 heterocycles. The second-order valence-electron chi connectivity index (χ2n) is 3.98. The summed E-state index contributed by atoms with van der Waals surface area (Å²) in [7, 11) is 0.998. The number of amides is 2. The number of hydrogen-bond acceptors (Lipinski definition) is 2. The number of urea groups is 1. The Morgan fingerprint density at radius 2 is 1.94 bits per heavy atom. The molecule has 0 saturated heterocycles. The van der Waals surface area contributed by atoms with Crippen molar-refractivity contribution in [2.75, 3.05) is 20.1 Å². The van der Waals surface area contributed by atoms with Gasteiger partial charge in [-0.15, -0.1) is 0 Å². The molecule has 2 amide bonds. The maximum atomic E-state index is 12.0. The molecular formula is C10H17F3N2O3. The zero-order chi connectivity index (χ0) is 14.3. The quantitative estimate of drug-likeness (QED) is 0.771. The van der Waals surface area contributed by atoms with Gasteiger partial charge >= 0.3 is 18.2 Å². The number of aliphatic carboxylic acids is 1. The molecule has 8 heteroatoms. The van der Waals surface area contributed by atoms with Crippen molar-refractivity contribution in [2.45, 2.75) is 25.9 Å². The number of alkyl halides is 3. The number of carbonyl (C=O) groups is 2. The van der Waals surface area contributed by atoms with Crippen LogP contribution in [0.4, 0.5) is 18.0 Å². The minimum absolute atomic E-state index is 0.176. The molecule has 0 saturated carbocycles. The fourth-order valence-corrected chi connectivity index (χ4v) is 1.35. The number of carboxylic acid groups (broad SMARTS) is 1. The van der Waals surface area contributed by atoms with Crippen LogP contribution in [0, 0.1) is 5.92 Å². The first kappa shape index (κ1) is 16.5. The molecule has 1 atom stereocenters. The van der Waals surface area contributed by atoms with Crippen LogP contribution in [0.25, 0.3) is 0 Å². The summed E-state index contributed by atoms with van der Waals surface area (Å²) in [6.07, 6.45) is -3.49. The van der Waals surface area contributed by atoms with Crippen LogP contribution in [0.5, 0.6) is 0 Å². The van der Waals surface area contributed by atoms with Gasteiger partial charge < -0.3 is 15.3 Å². The van der Waals surface area contributed by atoms with Gasteiger partial charge in [-0.25, -0.2) is 4.79 Å². The summed E-state index contributed by atoms with van der Waals surface area (Å²) in [6.45, 7) is 0.238. The molecule has 0 aromatic rings. The van der Waals surface area contributed by atoms with Crippen molar-refractivity contribution in [3.63, 3.8) is 0 Å². The molecule has 0 aliphatic rings. The Morgan fingerprint density at radius 1 is 1.39 bits per heavy atom. The number of rotatable bonds is 6. The fourth-order valence-electron chi connectivity index (χ4n) is 1.35. The van der Waals surface area contributed by atoms with Gasteiger partial charge in [0.1, 0.15) is 6.54 Å². The lowest BCUT2D eigenvalue weighted by Gasteiger charge is -2.20. The Morgan fingerprint density at radius 3 is 2.33 bits per heavy atom. The Kier molecular flexibility index (Phi) is 6.50. The van der Waals surface area contributed by atoms with E-state index in [1.54, 1.807) is 6.92 Å². The summed E-state index contributed by atoms with van der Waals surface area (Å²) >= 11 is 0. The average molecular weight is 270 g/mol. The molecule has 0 spiro atoms. The van der Waals surface area contributed by atoms with E-state index in [4.69, 9.17) is 5.11 Å². The van der Waals surface area contributed by atoms with E-state index in [0.29, 0.717) is 17.7 Å². The molecule has 0 radical (unpaired) electrons. The smallest absolute Gasteiger partial charge is 0.406 e. The molecule has 0 aliphatic heterocycles. The van der Waals surface area contributed by atoms with E-state index in [0.717, 1.165) is 7.05 Å². The van der Waals surface area contributed by atoms with Crippen LogP contribution >= 0.6 is 0 Å². The second-order valence-corrected chi connectivity index (χ2v) is 3.98. The minimum atomic E-state index is -4.47. The van der Waals surface area contributed by atoms with E-state index < -0.39 is 30.6 Å². The van der Waals surface area contributed by atoms with E-state index in [1.165, 1.54) is 0 Å². The zero-order valence-corrected chi connectivity index (χ0v) is 10.3. The summed E-state index contributed by atoms with van der Waals surface area (Å²) in [4.78, 5) is 22.5. The van der Waals surface area contributed by atoms with E-state index in [-0.39, 0.29) is 6.54 Å². The van der Waals surface area contributed by atoms with Gasteiger partial charge in [-0.1, -0.05) is 13.3 Å². The third-order valence-electron chi connectivity index (χ3n) is 2.25. The number of carboxylic acids is 1. The van der Waals surface area contributed by atoms with Crippen molar-refractivity contribution in [3.8, 4) is 0 Å². The highest BCUT2D eigenvalue weighted by Crippen LogP contribution is 2.15. The fraction of sp³-hybridized carbons (Fsp3) is 0.800. The van der Waals surface area contributed by atoms with Crippen LogP contribution in [0.2, 0.25) is 0 Å². The molecule has 0 fully saturated rings. The van der Waals surface area contributed by atoms with Crippen LogP contribution in [0.3, 0.4) is 0 Å². The first-order valence-corrected chi connectivity index (χ1v) is 5.46. The second kappa shape index (κ2) is 7.07. The predicted octanol–water partition coefficient (Wildman–Crippen LogP) is 1.69. The molecule has 0 aliphatic carbocycles. The third-order valence-corrected chi connectivity index (χ3v) is 2.25. The van der Waals surface area contributed by atoms with Gasteiger partial charge in [0, 0.05) is 13.6 Å². The number of nitrogens with zero attached hydrogens (tertiary/aromatic N) is 1. The van der Waals surface area contributed by atoms with E-state index in [1.807, 2.05) is 0 Å². The molecule has 1 unspecified atom stereocenters. The highest BCUT2D eigenvalue weighted by Gasteiger charge is 2.31. The van der Waals surface area contributed by atoms with Crippen LogP contribution in [0.1, 0.15) is 19.8 Å². The first-order valence-electron chi connectivity index (χ1n) is 5.46. The van der Waals surface area contributed by atoms with Crippen LogP contribution in [-0.2, 0) is 4.79 Å². The Bertz CT molecular complexity index is 295. The van der Waals surface area contributed by atoms with Gasteiger partial charge in [0.15, 0.2) is 0 Å². The Labute approximate surface area is 103 Å². The van der Waals surface area contributed by atoms with Crippen LogP contribution in [0.15, 0.2) is 0 Å². The maximum absolute atomic E-state index is 12.0. The van der Waals surface area contributed by atoms with E-state index in [9.17, 15) is 22.8 Å². The van der Waals surface area contributed by atoms with Gasteiger partial charge in [0.25, 0.3) is 0 Å². The number of hydrogen-bond donors (Lipinski definition) is 2. The van der Waals surface area contributed by atoms with Crippen molar-refractivity contribution in [2.24, 2.45) is 5.92 Å². The summed E-state index contributed by atoms with van der Waals surface area (Å²) in [6, 6.07) is -0.935. The summed E-state index contributed by atoms with van der Waals surface area (Å²) in [5, 5.41) is 11.0. The van der Waals surface area contributed by atoms with Crippen LogP contribution in [-0.4, -0.2) is 48.3 Å². The van der Waals surface area contributed by atoms with Gasteiger partial charge in [0.2, 0.25) is 0 Å². The summed E-state index contributed by atoms with van der Waals surface area (Å²) in [5.41, 5.74) is 0. The van der Waals surface area contributed by atoms with Gasteiger partial charge in [-0.05, 0) is 6.42 Å². The third kappa shape index (κ3) is 6.97. The highest BCUT2D eigenvalue weighted by molar-refractivity contribution is 5.75. The summed E-state index contributed by atoms with van der Waals surface area (Å²) in [5.74, 6) is -1.85. The molecule has 0 aromatic carbocycles. The van der Waals surface area contributed by atoms with E-state index in [2.05, 4.69) is 5.32 Å². The molecule has 18 heavy (non-hydrogen) atoms. The first-order chi connectivity index (χ1) is 8.17. The lowest BCUT2D eigenvalue weighted by Crippen LogP contribution is -2.44. The van der Waals surface area contributed by atoms with Gasteiger partial charge in [-0.2, -0.15) is 13.2 Å². The lowest BCUT2D eigenvalue weighted by molar-refractivity contribution is -0.142. The molecule has 0 rings (SSSR count). The largest absolute Gasteiger partial charge is 0.481 e. The van der Waals surface area contributed by atoms with Gasteiger partial charge in [0.05, 0.1) is 5.92 Å². The average Bonchev–Trinajstić information content (AvgIpc) is 2.20. The molecule has 5 nitrogen and oxygen atoms in total. The number of halogens is 3. The molecule has 0 aromatic heterocycles. The topological polar surface area (TPSA) is 69.6 Å². The minimum Gasteiger partial charge on any atom is -0.481 e. The normalized spacial score (nSPS) is 12.9. The molecule has 106 valence electrons. The lowest BCUT2D eigenvalue weighted by atomic mass is 10.0. The Hall–Kier alpha value is -1.47. The van der Waals surface area contributed by atoms with Crippen molar-refractivity contribution < 1.29 is 27.9 Å². The monoisotopic (exact) mass is 270 g/mol. The Balaban J connectivity index is 4.19.